The van der Waals surface area contributed by atoms with Gasteiger partial charge in [-0.2, -0.15) is 0 Å². The number of nitrogens with zero attached hydrogens (tertiary/aromatic N) is 2. The van der Waals surface area contributed by atoms with Gasteiger partial charge in [-0.3, -0.25) is 33.6 Å². The van der Waals surface area contributed by atoms with E-state index in [1.54, 1.807) is 53.7 Å². The average Bonchev–Trinajstić information content (AvgIpc) is 4.07. The monoisotopic (exact) mass is 916 g/mol. The first-order valence-electron chi connectivity index (χ1n) is 22.0. The first-order chi connectivity index (χ1) is 29.9. The topological polar surface area (TPSA) is 236 Å². The van der Waals surface area contributed by atoms with Crippen molar-refractivity contribution in [1.82, 2.24) is 30.5 Å². The van der Waals surface area contributed by atoms with Crippen LogP contribution in [0.2, 0.25) is 0 Å². The van der Waals surface area contributed by atoms with Crippen molar-refractivity contribution >= 4 is 51.8 Å². The van der Waals surface area contributed by atoms with Crippen LogP contribution in [0.5, 0.6) is 0 Å². The summed E-state index contributed by atoms with van der Waals surface area (Å²) in [5.74, 6) is -4.88. The summed E-state index contributed by atoms with van der Waals surface area (Å²) in [6.45, 7) is 9.68. The predicted octanol–water partition coefficient (Wildman–Crippen LogP) is 3.75. The molecule has 1 aromatic rings. The molecule has 20 heteroatoms. The van der Waals surface area contributed by atoms with Gasteiger partial charge in [-0.1, -0.05) is 37.1 Å². The Balaban J connectivity index is 1.27. The third-order valence-corrected chi connectivity index (χ3v) is 13.5. The van der Waals surface area contributed by atoms with Crippen LogP contribution in [0.3, 0.4) is 0 Å². The van der Waals surface area contributed by atoms with Crippen LogP contribution < -0.4 is 20.7 Å². The van der Waals surface area contributed by atoms with Gasteiger partial charge in [-0.05, 0) is 98.1 Å². The molecule has 64 heavy (non-hydrogen) atoms. The van der Waals surface area contributed by atoms with Crippen LogP contribution in [-0.4, -0.2) is 113 Å². The Hall–Kier alpha value is -5.27. The third kappa shape index (κ3) is 12.3. The molecule has 3 heterocycles. The molecule has 0 spiro atoms. The molecule has 3 fully saturated rings. The number of nitrogens with one attached hydrogen (secondary N) is 4. The fraction of sp³-hybridized carbons (Fsp3) is 0.659. The standard InChI is InChI=1S/C44H61FN6O12S/c1-42(2,3)62-35(52)20-19-32(47-40(57)63-43(4,5)6)36(53)46-33-16-11-9-7-8-10-14-27-22-44(27,39(56)49-64(59,60)29-17-18-29)48-37(54)34-21-28(24-51(34)38(33)55)61-41(58)50-23-26-13-12-15-31(45)30(26)25-50/h10,12-15,27-29,32-34H,7-9,11,16-25H2,1-6H3,(H,46,53)(H,47,57)(H,48,54)(H,49,56)/b14-10-/t27-,28+,32-,33-,34-,44+/m0/s1. The Bertz CT molecular complexity index is 2150. The zero-order valence-corrected chi connectivity index (χ0v) is 38.1. The lowest BCUT2D eigenvalue weighted by Crippen LogP contribution is -2.59. The lowest BCUT2D eigenvalue weighted by molar-refractivity contribution is -0.155. The number of fused-ring (bicyclic) bond motifs is 3. The Morgan fingerprint density at radius 1 is 0.969 bits per heavy atom. The Morgan fingerprint density at radius 2 is 1.69 bits per heavy atom. The summed E-state index contributed by atoms with van der Waals surface area (Å²) in [6.07, 6.45) is 3.40. The summed E-state index contributed by atoms with van der Waals surface area (Å²) in [6, 6.07) is 0.517. The van der Waals surface area contributed by atoms with Gasteiger partial charge in [0, 0.05) is 30.9 Å². The molecule has 18 nitrogen and oxygen atoms in total. The van der Waals surface area contributed by atoms with Gasteiger partial charge in [0.25, 0.3) is 5.91 Å². The van der Waals surface area contributed by atoms with Gasteiger partial charge in [0.1, 0.15) is 46.8 Å². The number of ether oxygens (including phenoxy) is 3. The van der Waals surface area contributed by atoms with Crippen LogP contribution in [0.25, 0.3) is 0 Å². The highest BCUT2D eigenvalue weighted by Gasteiger charge is 2.62. The van der Waals surface area contributed by atoms with E-state index in [9.17, 15) is 46.4 Å². The summed E-state index contributed by atoms with van der Waals surface area (Å²) in [5, 5.41) is 7.32. The lowest BCUT2D eigenvalue weighted by atomic mass is 10.0. The Kier molecular flexibility index (Phi) is 14.4. The molecule has 0 aromatic heterocycles. The van der Waals surface area contributed by atoms with E-state index in [1.807, 2.05) is 6.08 Å². The number of hydrogen-bond donors (Lipinski definition) is 4. The van der Waals surface area contributed by atoms with Crippen molar-refractivity contribution in [3.05, 3.63) is 47.3 Å². The fourth-order valence-corrected chi connectivity index (χ4v) is 9.58. The first kappa shape index (κ1) is 48.2. The van der Waals surface area contributed by atoms with E-state index in [-0.39, 0.29) is 51.7 Å². The van der Waals surface area contributed by atoms with Gasteiger partial charge in [0.2, 0.25) is 27.7 Å². The van der Waals surface area contributed by atoms with E-state index in [1.165, 1.54) is 21.9 Å². The second-order valence-corrected chi connectivity index (χ2v) is 21.3. The van der Waals surface area contributed by atoms with Gasteiger partial charge in [-0.25, -0.2) is 22.4 Å². The number of sulfonamides is 1. The van der Waals surface area contributed by atoms with Crippen molar-refractivity contribution in [1.29, 1.82) is 0 Å². The number of amides is 6. The molecule has 6 amide bonds. The second kappa shape index (κ2) is 19.1. The molecule has 2 aliphatic carbocycles. The summed E-state index contributed by atoms with van der Waals surface area (Å²) < 4.78 is 59.2. The zero-order valence-electron chi connectivity index (χ0n) is 37.3. The second-order valence-electron chi connectivity index (χ2n) is 19.4. The van der Waals surface area contributed by atoms with Crippen LogP contribution in [0.4, 0.5) is 14.0 Å². The molecule has 4 N–H and O–H groups in total. The number of allylic oxidation sites excluding steroid dienone is 1. The van der Waals surface area contributed by atoms with E-state index >= 15 is 0 Å². The van der Waals surface area contributed by atoms with Crippen molar-refractivity contribution < 1.29 is 60.6 Å². The smallest absolute Gasteiger partial charge is 0.410 e. The summed E-state index contributed by atoms with van der Waals surface area (Å²) in [5.41, 5.74) is -2.45. The highest BCUT2D eigenvalue weighted by atomic mass is 32.2. The number of carbonyl (C=O) groups excluding carboxylic acids is 7. The van der Waals surface area contributed by atoms with Crippen LogP contribution in [0.15, 0.2) is 30.4 Å². The van der Waals surface area contributed by atoms with Crippen molar-refractivity contribution in [3.63, 3.8) is 0 Å². The van der Waals surface area contributed by atoms with E-state index in [0.717, 1.165) is 0 Å². The third-order valence-electron chi connectivity index (χ3n) is 11.7. The molecule has 6 atom stereocenters. The molecule has 0 unspecified atom stereocenters. The number of alkyl carbamates (subject to hydrolysis) is 1. The summed E-state index contributed by atoms with van der Waals surface area (Å²) in [4.78, 5) is 99.0. The molecule has 352 valence electrons. The van der Waals surface area contributed by atoms with E-state index < -0.39 is 110 Å². The van der Waals surface area contributed by atoms with Crippen LogP contribution in [0.1, 0.15) is 123 Å². The maximum Gasteiger partial charge on any atom is 0.410 e. The molecule has 5 aliphatic rings. The number of carbonyl (C=O) groups is 7. The molecule has 2 saturated carbocycles. The normalized spacial score (nSPS) is 26.0. The van der Waals surface area contributed by atoms with E-state index in [2.05, 4.69) is 20.7 Å². The lowest BCUT2D eigenvalue weighted by Gasteiger charge is -2.31. The number of benzene rings is 1. The van der Waals surface area contributed by atoms with Crippen molar-refractivity contribution in [2.24, 2.45) is 5.92 Å². The predicted molar refractivity (Wildman–Crippen MR) is 227 cm³/mol. The molecule has 1 aromatic carbocycles. The number of rotatable bonds is 10. The molecule has 1 saturated heterocycles. The largest absolute Gasteiger partial charge is 0.460 e. The molecule has 0 bridgehead atoms. The number of halogens is 1. The SMILES string of the molecule is CC(C)(C)OC(=O)CC[C@H](NC(=O)OC(C)(C)C)C(=O)N[C@H]1CCCCC/C=C\[C@H]2C[C@@]2(C(=O)NS(=O)(=O)C2CC2)NC(=O)[C@@H]2C[C@@H](OC(=O)N3Cc4cccc(F)c4C3)CN2C1=O. The number of esters is 1. The van der Waals surface area contributed by atoms with Crippen LogP contribution >= 0.6 is 0 Å². The molecular weight excluding hydrogens is 856 g/mol. The van der Waals surface area contributed by atoms with Crippen LogP contribution in [-0.2, 0) is 61.3 Å². The molecule has 6 rings (SSSR count). The average molecular weight is 917 g/mol. The first-order valence-corrected chi connectivity index (χ1v) is 23.6. The quantitative estimate of drug-likeness (QED) is 0.149. The van der Waals surface area contributed by atoms with Crippen molar-refractivity contribution in [2.75, 3.05) is 6.54 Å². The van der Waals surface area contributed by atoms with Gasteiger partial charge in [-0.15, -0.1) is 0 Å². The molecule has 3 aliphatic heterocycles. The van der Waals surface area contributed by atoms with Gasteiger partial charge in [0.15, 0.2) is 0 Å². The minimum atomic E-state index is -3.99. The van der Waals surface area contributed by atoms with Crippen molar-refractivity contribution in [2.45, 2.75) is 171 Å². The highest BCUT2D eigenvalue weighted by Crippen LogP contribution is 2.46. The van der Waals surface area contributed by atoms with Gasteiger partial charge < -0.3 is 35.1 Å². The van der Waals surface area contributed by atoms with Crippen molar-refractivity contribution in [3.8, 4) is 0 Å². The minimum Gasteiger partial charge on any atom is -0.460 e. The van der Waals surface area contributed by atoms with Gasteiger partial charge >= 0.3 is 18.2 Å². The Labute approximate surface area is 373 Å². The fourth-order valence-electron chi connectivity index (χ4n) is 8.22. The number of hydrogen-bond acceptors (Lipinski definition) is 12. The minimum absolute atomic E-state index is 0.0586. The van der Waals surface area contributed by atoms with E-state index in [0.29, 0.717) is 49.7 Å². The maximum atomic E-state index is 14.8. The summed E-state index contributed by atoms with van der Waals surface area (Å²) in [7, 11) is -3.99. The van der Waals surface area contributed by atoms with Gasteiger partial charge in [0.05, 0.1) is 18.3 Å². The van der Waals surface area contributed by atoms with E-state index in [4.69, 9.17) is 14.2 Å². The maximum absolute atomic E-state index is 14.8. The Morgan fingerprint density at radius 3 is 2.36 bits per heavy atom. The zero-order chi connectivity index (χ0) is 46.8. The molecule has 0 radical (unpaired) electrons. The van der Waals surface area contributed by atoms with Crippen LogP contribution in [0, 0.1) is 11.7 Å². The summed E-state index contributed by atoms with van der Waals surface area (Å²) >= 11 is 0. The molecular formula is C44H61FN6O12S. The highest BCUT2D eigenvalue weighted by molar-refractivity contribution is 7.91.